The molecule has 0 bridgehead atoms. The van der Waals surface area contributed by atoms with Crippen LogP contribution < -0.4 is 0 Å². The zero-order chi connectivity index (χ0) is 12.7. The molecule has 0 saturated heterocycles. The number of carbonyl (C=O) groups is 1. The molecule has 0 aliphatic heterocycles. The predicted molar refractivity (Wildman–Crippen MR) is 59.6 cm³/mol. The first-order chi connectivity index (χ1) is 7.86. The number of carboxylic acid groups (broad SMARTS) is 1. The van der Waals surface area contributed by atoms with Crippen molar-refractivity contribution in [1.82, 2.24) is 0 Å². The number of benzene rings is 1. The molecule has 1 atom stereocenters. The van der Waals surface area contributed by atoms with Gasteiger partial charge >= 0.3 is 5.97 Å². The summed E-state index contributed by atoms with van der Waals surface area (Å²) in [5.41, 5.74) is -1.08. The third-order valence-corrected chi connectivity index (χ3v) is 3.54. The smallest absolute Gasteiger partial charge is 0.314 e. The molecule has 1 unspecified atom stereocenters. The van der Waals surface area contributed by atoms with Gasteiger partial charge in [0, 0.05) is 17.9 Å². The van der Waals surface area contributed by atoms with Crippen molar-refractivity contribution in [2.45, 2.75) is 30.6 Å². The Morgan fingerprint density at radius 1 is 1.24 bits per heavy atom. The average Bonchev–Trinajstić information content (AvgIpc) is 2.57. The van der Waals surface area contributed by atoms with Gasteiger partial charge in [-0.05, 0) is 24.1 Å². The Hall–Kier alpha value is -1.16. The second-order valence-electron chi connectivity index (χ2n) is 4.43. The number of hydrogen-bond donors (Lipinski definition) is 1. The van der Waals surface area contributed by atoms with Gasteiger partial charge in [-0.25, -0.2) is 8.78 Å². The zero-order valence-electron chi connectivity index (χ0n) is 8.92. The van der Waals surface area contributed by atoms with Gasteiger partial charge in [0.15, 0.2) is 0 Å². The van der Waals surface area contributed by atoms with Crippen molar-refractivity contribution < 1.29 is 18.7 Å². The van der Waals surface area contributed by atoms with Gasteiger partial charge in [0.05, 0.1) is 5.41 Å². The summed E-state index contributed by atoms with van der Waals surface area (Å²) in [6, 6.07) is 6.08. The molecule has 1 aliphatic rings. The highest BCUT2D eigenvalue weighted by atomic mass is 35.5. The lowest BCUT2D eigenvalue weighted by molar-refractivity contribution is -0.144. The fourth-order valence-corrected chi connectivity index (χ4v) is 2.46. The van der Waals surface area contributed by atoms with Crippen LogP contribution in [0.5, 0.6) is 0 Å². The van der Waals surface area contributed by atoms with Gasteiger partial charge in [-0.1, -0.05) is 23.7 Å². The van der Waals surface area contributed by atoms with Crippen LogP contribution in [0.25, 0.3) is 0 Å². The van der Waals surface area contributed by atoms with Crippen molar-refractivity contribution >= 4 is 17.6 Å². The Labute approximate surface area is 102 Å². The lowest BCUT2D eigenvalue weighted by Crippen LogP contribution is -2.34. The van der Waals surface area contributed by atoms with E-state index in [4.69, 9.17) is 11.6 Å². The number of carboxylic acids is 1. The number of halogens is 3. The van der Waals surface area contributed by atoms with Crippen LogP contribution in [0.1, 0.15) is 24.8 Å². The van der Waals surface area contributed by atoms with E-state index >= 15 is 0 Å². The van der Waals surface area contributed by atoms with Gasteiger partial charge in [0.25, 0.3) is 0 Å². The van der Waals surface area contributed by atoms with Gasteiger partial charge in [-0.15, -0.1) is 0 Å². The van der Waals surface area contributed by atoms with Crippen molar-refractivity contribution in [3.05, 3.63) is 34.9 Å². The summed E-state index contributed by atoms with van der Waals surface area (Å²) in [7, 11) is 0. The highest BCUT2D eigenvalue weighted by Gasteiger charge is 2.54. The summed E-state index contributed by atoms with van der Waals surface area (Å²) < 4.78 is 26.6. The third-order valence-electron chi connectivity index (χ3n) is 3.28. The van der Waals surface area contributed by atoms with Crippen molar-refractivity contribution in [3.8, 4) is 0 Å². The molecule has 2 rings (SSSR count). The van der Waals surface area contributed by atoms with Crippen LogP contribution in [0.2, 0.25) is 5.02 Å². The molecule has 1 fully saturated rings. The summed E-state index contributed by atoms with van der Waals surface area (Å²) >= 11 is 5.70. The normalized spacial score (nSPS) is 27.0. The van der Waals surface area contributed by atoms with Crippen LogP contribution in [-0.4, -0.2) is 17.0 Å². The van der Waals surface area contributed by atoms with E-state index in [1.807, 2.05) is 0 Å². The van der Waals surface area contributed by atoms with E-state index in [0.29, 0.717) is 10.6 Å². The summed E-state index contributed by atoms with van der Waals surface area (Å²) in [5.74, 6) is -4.10. The van der Waals surface area contributed by atoms with Gasteiger partial charge in [-0.2, -0.15) is 0 Å². The summed E-state index contributed by atoms with van der Waals surface area (Å²) in [5, 5.41) is 9.71. The van der Waals surface area contributed by atoms with Crippen molar-refractivity contribution in [2.24, 2.45) is 0 Å². The van der Waals surface area contributed by atoms with E-state index in [1.165, 1.54) is 24.3 Å². The van der Waals surface area contributed by atoms with E-state index in [0.717, 1.165) is 0 Å². The fourth-order valence-electron chi connectivity index (χ4n) is 2.34. The maximum absolute atomic E-state index is 13.3. The van der Waals surface area contributed by atoms with Crippen LogP contribution in [0.15, 0.2) is 24.3 Å². The van der Waals surface area contributed by atoms with E-state index in [1.54, 1.807) is 0 Å². The fraction of sp³-hybridized carbons (Fsp3) is 0.417. The number of rotatable bonds is 2. The second kappa shape index (κ2) is 3.95. The van der Waals surface area contributed by atoms with Crippen molar-refractivity contribution in [2.75, 3.05) is 0 Å². The minimum atomic E-state index is -2.90. The predicted octanol–water partition coefficient (Wildman–Crippen LogP) is 3.48. The van der Waals surface area contributed by atoms with Gasteiger partial charge in [-0.3, -0.25) is 4.79 Å². The first-order valence-corrected chi connectivity index (χ1v) is 5.61. The molecule has 5 heteroatoms. The molecule has 1 aromatic rings. The Kier molecular flexibility index (Phi) is 2.86. The molecule has 0 heterocycles. The topological polar surface area (TPSA) is 37.3 Å². The molecule has 92 valence electrons. The summed E-state index contributed by atoms with van der Waals surface area (Å²) in [4.78, 5) is 11.3. The van der Waals surface area contributed by atoms with Gasteiger partial charge < -0.3 is 5.11 Å². The quantitative estimate of drug-likeness (QED) is 0.884. The minimum absolute atomic E-state index is 0.0447. The number of alkyl halides is 2. The second-order valence-corrected chi connectivity index (χ2v) is 4.86. The molecule has 1 saturated carbocycles. The summed E-state index contributed by atoms with van der Waals surface area (Å²) in [6.45, 7) is 0. The molecule has 1 aliphatic carbocycles. The van der Waals surface area contributed by atoms with Crippen molar-refractivity contribution in [1.29, 1.82) is 0 Å². The molecule has 0 spiro atoms. The summed E-state index contributed by atoms with van der Waals surface area (Å²) in [6.07, 6.45) is -1.07. The standard InChI is InChI=1S/C12H11ClF2O2/c13-9-3-1-8(2-4-9)11(10(16)17)5-6-12(14,15)7-11/h1-4H,5-7H2,(H,16,17). The Balaban J connectivity index is 2.43. The van der Waals surface area contributed by atoms with Crippen LogP contribution in [0.3, 0.4) is 0 Å². The van der Waals surface area contributed by atoms with Crippen LogP contribution in [-0.2, 0) is 10.2 Å². The molecule has 17 heavy (non-hydrogen) atoms. The van der Waals surface area contributed by atoms with Crippen LogP contribution >= 0.6 is 11.6 Å². The highest BCUT2D eigenvalue weighted by molar-refractivity contribution is 6.30. The molecule has 0 amide bonds. The molecule has 0 radical (unpaired) electrons. The first-order valence-electron chi connectivity index (χ1n) is 5.23. The molecule has 1 N–H and O–H groups in total. The molecule has 2 nitrogen and oxygen atoms in total. The maximum Gasteiger partial charge on any atom is 0.314 e. The lowest BCUT2D eigenvalue weighted by atomic mass is 9.79. The molecular weight excluding hydrogens is 250 g/mol. The first kappa shape index (κ1) is 12.3. The van der Waals surface area contributed by atoms with Gasteiger partial charge in [0.1, 0.15) is 0 Å². The zero-order valence-corrected chi connectivity index (χ0v) is 9.68. The maximum atomic E-state index is 13.3. The molecule has 1 aromatic carbocycles. The SMILES string of the molecule is O=C(O)C1(c2ccc(Cl)cc2)CCC(F)(F)C1. The van der Waals surface area contributed by atoms with E-state index in [-0.39, 0.29) is 12.8 Å². The average molecular weight is 261 g/mol. The van der Waals surface area contributed by atoms with Crippen molar-refractivity contribution in [3.63, 3.8) is 0 Å². The lowest BCUT2D eigenvalue weighted by Gasteiger charge is -2.24. The monoisotopic (exact) mass is 260 g/mol. The Bertz CT molecular complexity index is 444. The minimum Gasteiger partial charge on any atom is -0.481 e. The van der Waals surface area contributed by atoms with E-state index < -0.39 is 23.7 Å². The highest BCUT2D eigenvalue weighted by Crippen LogP contribution is 2.49. The van der Waals surface area contributed by atoms with Crippen LogP contribution in [0.4, 0.5) is 8.78 Å². The van der Waals surface area contributed by atoms with E-state index in [2.05, 4.69) is 0 Å². The molecule has 0 aromatic heterocycles. The van der Waals surface area contributed by atoms with Crippen LogP contribution in [0, 0.1) is 0 Å². The number of hydrogen-bond acceptors (Lipinski definition) is 1. The third kappa shape index (κ3) is 2.14. The van der Waals surface area contributed by atoms with E-state index in [9.17, 15) is 18.7 Å². The Morgan fingerprint density at radius 2 is 1.82 bits per heavy atom. The van der Waals surface area contributed by atoms with Gasteiger partial charge in [0.2, 0.25) is 5.92 Å². The molecular formula is C12H11ClF2O2. The number of aliphatic carboxylic acids is 1. The Morgan fingerprint density at radius 3 is 2.24 bits per heavy atom. The largest absolute Gasteiger partial charge is 0.481 e.